The third-order valence-corrected chi connectivity index (χ3v) is 6.54. The van der Waals surface area contributed by atoms with Gasteiger partial charge in [0.2, 0.25) is 11.8 Å². The Morgan fingerprint density at radius 2 is 1.60 bits per heavy atom. The Bertz CT molecular complexity index is 1290. The largest absolute Gasteiger partial charge is 0.497 e. The predicted molar refractivity (Wildman–Crippen MR) is 165 cm³/mol. The van der Waals surface area contributed by atoms with Crippen LogP contribution in [-0.2, 0) is 32.3 Å². The number of nitrogens with one attached hydrogen (secondary N) is 3. The quantitative estimate of drug-likeness (QED) is 0.216. The van der Waals surface area contributed by atoms with Gasteiger partial charge in [0, 0.05) is 37.7 Å². The molecule has 0 atom stereocenters. The van der Waals surface area contributed by atoms with E-state index in [2.05, 4.69) is 27.5 Å². The van der Waals surface area contributed by atoms with Crippen LogP contribution in [0.4, 0.5) is 0 Å². The summed E-state index contributed by atoms with van der Waals surface area (Å²) in [5.41, 5.74) is 3.28. The molecule has 1 saturated carbocycles. The SMILES string of the molecule is C=C(/C=C(\N=CC)C(=O)NCc1cccc(OC)c1)C(=O)NCc1ccc(C)cc1.CC(=O)NC(=O)C1CCCCC1. The second-order valence-electron chi connectivity index (χ2n) is 10.0. The zero-order valence-corrected chi connectivity index (χ0v) is 25.0. The number of carbonyl (C=O) groups excluding carboxylic acids is 4. The van der Waals surface area contributed by atoms with Crippen molar-refractivity contribution in [2.24, 2.45) is 10.9 Å². The first-order valence-electron chi connectivity index (χ1n) is 14.1. The summed E-state index contributed by atoms with van der Waals surface area (Å²) in [5.74, 6) is -0.290. The number of rotatable bonds is 10. The summed E-state index contributed by atoms with van der Waals surface area (Å²) < 4.78 is 5.18. The molecule has 1 aliphatic rings. The number of methoxy groups -OCH3 is 1. The maximum absolute atomic E-state index is 12.5. The Labute approximate surface area is 248 Å². The van der Waals surface area contributed by atoms with Crippen LogP contribution >= 0.6 is 0 Å². The van der Waals surface area contributed by atoms with Crippen LogP contribution in [0.3, 0.4) is 0 Å². The molecule has 4 amide bonds. The molecule has 42 heavy (non-hydrogen) atoms. The van der Waals surface area contributed by atoms with E-state index < -0.39 is 5.91 Å². The molecular formula is C33H42N4O5. The molecule has 0 aliphatic heterocycles. The van der Waals surface area contributed by atoms with Crippen molar-refractivity contribution in [3.05, 3.63) is 89.1 Å². The number of nitrogens with zero attached hydrogens (tertiary/aromatic N) is 1. The molecule has 2 aromatic rings. The molecule has 0 heterocycles. The third kappa shape index (κ3) is 12.3. The van der Waals surface area contributed by atoms with E-state index >= 15 is 0 Å². The fourth-order valence-corrected chi connectivity index (χ4v) is 4.23. The van der Waals surface area contributed by atoms with Crippen molar-refractivity contribution in [1.82, 2.24) is 16.0 Å². The summed E-state index contributed by atoms with van der Waals surface area (Å²) in [6.07, 6.45) is 8.23. The van der Waals surface area contributed by atoms with E-state index in [4.69, 9.17) is 4.74 Å². The van der Waals surface area contributed by atoms with Crippen molar-refractivity contribution >= 4 is 29.8 Å². The van der Waals surface area contributed by atoms with Crippen LogP contribution < -0.4 is 20.7 Å². The Morgan fingerprint density at radius 1 is 0.952 bits per heavy atom. The summed E-state index contributed by atoms with van der Waals surface area (Å²) in [6.45, 7) is 9.52. The first-order chi connectivity index (χ1) is 20.1. The van der Waals surface area contributed by atoms with Gasteiger partial charge < -0.3 is 15.4 Å². The zero-order chi connectivity index (χ0) is 30.9. The van der Waals surface area contributed by atoms with Crippen LogP contribution in [0.5, 0.6) is 5.75 Å². The van der Waals surface area contributed by atoms with Gasteiger partial charge in [-0.15, -0.1) is 0 Å². The average Bonchev–Trinajstić information content (AvgIpc) is 2.99. The molecule has 1 fully saturated rings. The summed E-state index contributed by atoms with van der Waals surface area (Å²) in [6, 6.07) is 15.3. The zero-order valence-electron chi connectivity index (χ0n) is 25.0. The van der Waals surface area contributed by atoms with Gasteiger partial charge in [-0.2, -0.15) is 0 Å². The van der Waals surface area contributed by atoms with Crippen LogP contribution in [0.15, 0.2) is 77.4 Å². The number of ether oxygens (including phenoxy) is 1. The van der Waals surface area contributed by atoms with E-state index in [1.165, 1.54) is 25.6 Å². The van der Waals surface area contributed by atoms with Gasteiger partial charge in [-0.05, 0) is 56.0 Å². The van der Waals surface area contributed by atoms with Crippen LogP contribution in [0.2, 0.25) is 0 Å². The Hall–Kier alpha value is -4.53. The smallest absolute Gasteiger partial charge is 0.270 e. The van der Waals surface area contributed by atoms with Crippen molar-refractivity contribution in [3.8, 4) is 5.75 Å². The second kappa shape index (κ2) is 18.0. The van der Waals surface area contributed by atoms with Crippen molar-refractivity contribution < 1.29 is 23.9 Å². The Balaban J connectivity index is 0.000000428. The maximum atomic E-state index is 12.5. The van der Waals surface area contributed by atoms with E-state index in [9.17, 15) is 19.2 Å². The highest BCUT2D eigenvalue weighted by Gasteiger charge is 2.21. The highest BCUT2D eigenvalue weighted by molar-refractivity contribution is 6.00. The topological polar surface area (TPSA) is 126 Å². The molecule has 0 aromatic heterocycles. The Morgan fingerprint density at radius 3 is 2.21 bits per heavy atom. The summed E-state index contributed by atoms with van der Waals surface area (Å²) in [5, 5.41) is 7.92. The lowest BCUT2D eigenvalue weighted by Gasteiger charge is -2.19. The second-order valence-corrected chi connectivity index (χ2v) is 10.0. The van der Waals surface area contributed by atoms with Crippen LogP contribution in [-0.4, -0.2) is 37.0 Å². The lowest BCUT2D eigenvalue weighted by atomic mass is 9.89. The predicted octanol–water partition coefficient (Wildman–Crippen LogP) is 4.70. The first-order valence-corrected chi connectivity index (χ1v) is 14.1. The molecule has 9 heteroatoms. The number of aliphatic imine (C=N–C) groups is 1. The molecule has 0 spiro atoms. The molecular weight excluding hydrogens is 532 g/mol. The molecule has 224 valence electrons. The van der Waals surface area contributed by atoms with Gasteiger partial charge >= 0.3 is 0 Å². The molecule has 3 rings (SSSR count). The van der Waals surface area contributed by atoms with E-state index in [1.807, 2.05) is 55.5 Å². The minimum Gasteiger partial charge on any atom is -0.497 e. The lowest BCUT2D eigenvalue weighted by Crippen LogP contribution is -2.34. The number of hydrogen-bond acceptors (Lipinski definition) is 6. The number of aryl methyl sites for hydroxylation is 1. The maximum Gasteiger partial charge on any atom is 0.270 e. The molecule has 0 bridgehead atoms. The minimum atomic E-state index is -0.400. The molecule has 1 aliphatic carbocycles. The number of imide groups is 1. The van der Waals surface area contributed by atoms with Crippen LogP contribution in [0.25, 0.3) is 0 Å². The summed E-state index contributed by atoms with van der Waals surface area (Å²) in [4.78, 5) is 50.8. The highest BCUT2D eigenvalue weighted by atomic mass is 16.5. The van der Waals surface area contributed by atoms with Gasteiger partial charge in [-0.1, -0.05) is 67.8 Å². The van der Waals surface area contributed by atoms with E-state index in [1.54, 1.807) is 14.0 Å². The average molecular weight is 575 g/mol. The third-order valence-electron chi connectivity index (χ3n) is 6.54. The van der Waals surface area contributed by atoms with Gasteiger partial charge in [0.05, 0.1) is 7.11 Å². The monoisotopic (exact) mass is 574 g/mol. The van der Waals surface area contributed by atoms with Gasteiger partial charge in [0.15, 0.2) is 0 Å². The van der Waals surface area contributed by atoms with Crippen molar-refractivity contribution in [3.63, 3.8) is 0 Å². The summed E-state index contributed by atoms with van der Waals surface area (Å²) in [7, 11) is 1.59. The Kier molecular flexibility index (Phi) is 14.4. The summed E-state index contributed by atoms with van der Waals surface area (Å²) >= 11 is 0. The van der Waals surface area contributed by atoms with Gasteiger partial charge in [0.1, 0.15) is 11.4 Å². The number of amides is 4. The number of hydrogen-bond donors (Lipinski definition) is 3. The van der Waals surface area contributed by atoms with E-state index in [0.717, 1.165) is 42.4 Å². The van der Waals surface area contributed by atoms with Crippen molar-refractivity contribution in [2.75, 3.05) is 7.11 Å². The van der Waals surface area contributed by atoms with Gasteiger partial charge in [0.25, 0.3) is 11.8 Å². The van der Waals surface area contributed by atoms with Crippen LogP contribution in [0, 0.1) is 12.8 Å². The molecule has 0 radical (unpaired) electrons. The molecule has 0 unspecified atom stereocenters. The molecule has 0 saturated heterocycles. The van der Waals surface area contributed by atoms with Crippen molar-refractivity contribution in [2.45, 2.75) is 66.0 Å². The van der Waals surface area contributed by atoms with Crippen LogP contribution in [0.1, 0.15) is 62.6 Å². The molecule has 3 N–H and O–H groups in total. The minimum absolute atomic E-state index is 0.0813. The fourth-order valence-electron chi connectivity index (χ4n) is 4.23. The van der Waals surface area contributed by atoms with Gasteiger partial charge in [-0.3, -0.25) is 29.5 Å². The standard InChI is InChI=1S/C24H27N3O3.C9H15NO2/c1-5-25-22(24(29)27-16-20-7-6-8-21(14-20)30-4)13-18(3)23(28)26-15-19-11-9-17(2)10-12-19;1-7(11)10-9(12)8-5-3-2-4-6-8/h5-14H,3,15-16H2,1-2,4H3,(H,26,28)(H,27,29);8H,2-6H2,1H3,(H,10,11,12)/b22-13-,25-5?;. The fraction of sp³-hybridized carbons (Fsp3) is 0.364. The normalized spacial score (nSPS) is 13.4. The number of benzene rings is 2. The first kappa shape index (κ1) is 33.7. The lowest BCUT2D eigenvalue weighted by molar-refractivity contribution is -0.132. The van der Waals surface area contributed by atoms with Gasteiger partial charge in [-0.25, -0.2) is 0 Å². The number of carbonyl (C=O) groups is 4. The molecule has 2 aromatic carbocycles. The van der Waals surface area contributed by atoms with Crippen molar-refractivity contribution in [1.29, 1.82) is 0 Å². The van der Waals surface area contributed by atoms with E-state index in [0.29, 0.717) is 18.8 Å². The van der Waals surface area contributed by atoms with E-state index in [-0.39, 0.29) is 34.9 Å². The highest BCUT2D eigenvalue weighted by Crippen LogP contribution is 2.23. The molecule has 9 nitrogen and oxygen atoms in total.